The first kappa shape index (κ1) is 20.1. The highest BCUT2D eigenvalue weighted by atomic mass is 32.2. The lowest BCUT2D eigenvalue weighted by atomic mass is 10.1. The summed E-state index contributed by atoms with van der Waals surface area (Å²) >= 11 is 1.30. The van der Waals surface area contributed by atoms with Crippen LogP contribution in [0.5, 0.6) is 0 Å². The molecule has 1 atom stereocenters. The van der Waals surface area contributed by atoms with Gasteiger partial charge in [-0.3, -0.25) is 4.79 Å². The van der Waals surface area contributed by atoms with Crippen molar-refractivity contribution in [2.24, 2.45) is 0 Å². The monoisotopic (exact) mass is 415 g/mol. The summed E-state index contributed by atoms with van der Waals surface area (Å²) in [6.07, 6.45) is 4.24. The fourth-order valence-electron chi connectivity index (χ4n) is 3.83. The number of anilines is 1. The van der Waals surface area contributed by atoms with Crippen molar-refractivity contribution in [2.75, 3.05) is 30.0 Å². The van der Waals surface area contributed by atoms with Crippen molar-refractivity contribution in [1.82, 2.24) is 9.88 Å². The lowest BCUT2D eigenvalue weighted by Crippen LogP contribution is -2.48. The summed E-state index contributed by atoms with van der Waals surface area (Å²) in [5.74, 6) is -0.859. The average Bonchev–Trinajstić information content (AvgIpc) is 3.35. The summed E-state index contributed by atoms with van der Waals surface area (Å²) in [5, 5.41) is 3.65. The first-order valence-corrected chi connectivity index (χ1v) is 12.0. The molecule has 1 N–H and O–H groups in total. The molecule has 150 valence electrons. The van der Waals surface area contributed by atoms with Crippen LogP contribution in [0.25, 0.3) is 0 Å². The number of hydrogen-bond acceptors (Lipinski definition) is 8. The van der Waals surface area contributed by atoms with Crippen LogP contribution in [0, 0.1) is 0 Å². The Bertz CT molecular complexity index is 786. The molecule has 0 spiro atoms. The van der Waals surface area contributed by atoms with Gasteiger partial charge in [0.05, 0.1) is 17.0 Å². The zero-order chi connectivity index (χ0) is 19.4. The third-order valence-electron chi connectivity index (χ3n) is 5.03. The van der Waals surface area contributed by atoms with Gasteiger partial charge in [-0.25, -0.2) is 18.2 Å². The van der Waals surface area contributed by atoms with Gasteiger partial charge >= 0.3 is 5.97 Å². The van der Waals surface area contributed by atoms with E-state index in [2.05, 4.69) is 10.3 Å². The number of aromatic nitrogens is 1. The Balaban J connectivity index is 1.65. The molecule has 1 saturated carbocycles. The van der Waals surface area contributed by atoms with Gasteiger partial charge in [0.2, 0.25) is 0 Å². The molecule has 1 saturated heterocycles. The molecule has 2 fully saturated rings. The molecule has 10 heteroatoms. The van der Waals surface area contributed by atoms with E-state index in [1.807, 2.05) is 6.92 Å². The Hall–Kier alpha value is -1.68. The minimum absolute atomic E-state index is 0.000158. The van der Waals surface area contributed by atoms with E-state index in [-0.39, 0.29) is 35.2 Å². The molecule has 1 aliphatic heterocycles. The molecule has 2 aliphatic rings. The number of carbonyl (C=O) groups excluding carboxylic acids is 2. The first-order valence-electron chi connectivity index (χ1n) is 9.27. The number of nitrogens with one attached hydrogen (secondary N) is 1. The third-order valence-corrected chi connectivity index (χ3v) is 7.57. The van der Waals surface area contributed by atoms with Crippen LogP contribution in [0.1, 0.15) is 49.5 Å². The molecule has 3 rings (SSSR count). The number of thiazole rings is 1. The van der Waals surface area contributed by atoms with Crippen molar-refractivity contribution < 1.29 is 22.7 Å². The number of sulfone groups is 1. The van der Waals surface area contributed by atoms with Gasteiger partial charge in [0.25, 0.3) is 5.91 Å². The van der Waals surface area contributed by atoms with Crippen molar-refractivity contribution in [3.8, 4) is 0 Å². The molecule has 2 heterocycles. The Morgan fingerprint density at radius 3 is 2.67 bits per heavy atom. The normalized spacial score (nSPS) is 21.9. The Morgan fingerprint density at radius 1 is 1.30 bits per heavy atom. The molecule has 1 aromatic rings. The topological polar surface area (TPSA) is 106 Å². The van der Waals surface area contributed by atoms with Crippen molar-refractivity contribution in [1.29, 1.82) is 0 Å². The third kappa shape index (κ3) is 4.78. The number of amides is 1. The maximum absolute atomic E-state index is 12.8. The molecule has 27 heavy (non-hydrogen) atoms. The van der Waals surface area contributed by atoms with Crippen LogP contribution in [0.15, 0.2) is 5.51 Å². The van der Waals surface area contributed by atoms with Gasteiger partial charge < -0.3 is 15.0 Å². The van der Waals surface area contributed by atoms with Gasteiger partial charge in [-0.15, -0.1) is 11.3 Å². The standard InChI is InChI=1S/C17H25N3O5S2/c1-2-18-16-15(19-11-26-16)17(22)25-9-14(21)20(12-5-3-4-6-12)13-7-8-27(23,24)10-13/h11-13,18H,2-10H2,1H3. The lowest BCUT2D eigenvalue weighted by molar-refractivity contribution is -0.139. The van der Waals surface area contributed by atoms with Crippen LogP contribution in [0.3, 0.4) is 0 Å². The quantitative estimate of drug-likeness (QED) is 0.676. The van der Waals surface area contributed by atoms with E-state index in [0.29, 0.717) is 18.0 Å². The maximum atomic E-state index is 12.8. The highest BCUT2D eigenvalue weighted by Crippen LogP contribution is 2.29. The highest BCUT2D eigenvalue weighted by molar-refractivity contribution is 7.91. The van der Waals surface area contributed by atoms with Crippen molar-refractivity contribution in [3.05, 3.63) is 11.2 Å². The molecule has 0 radical (unpaired) electrons. The van der Waals surface area contributed by atoms with Gasteiger partial charge in [-0.1, -0.05) is 12.8 Å². The van der Waals surface area contributed by atoms with Gasteiger partial charge in [0, 0.05) is 18.6 Å². The molecular formula is C17H25N3O5S2. The van der Waals surface area contributed by atoms with Crippen LogP contribution in [-0.2, 0) is 19.4 Å². The lowest BCUT2D eigenvalue weighted by Gasteiger charge is -2.33. The zero-order valence-corrected chi connectivity index (χ0v) is 17.0. The second-order valence-corrected chi connectivity index (χ2v) is 10.0. The Labute approximate surface area is 163 Å². The fourth-order valence-corrected chi connectivity index (χ4v) is 6.28. The van der Waals surface area contributed by atoms with E-state index in [0.717, 1.165) is 25.7 Å². The minimum Gasteiger partial charge on any atom is -0.451 e. The van der Waals surface area contributed by atoms with Gasteiger partial charge in [0.1, 0.15) is 5.00 Å². The van der Waals surface area contributed by atoms with Crippen LogP contribution in [0.2, 0.25) is 0 Å². The van der Waals surface area contributed by atoms with Crippen LogP contribution < -0.4 is 5.32 Å². The van der Waals surface area contributed by atoms with E-state index < -0.39 is 22.4 Å². The van der Waals surface area contributed by atoms with Crippen LogP contribution >= 0.6 is 11.3 Å². The molecule has 1 aromatic heterocycles. The molecule has 8 nitrogen and oxygen atoms in total. The van der Waals surface area contributed by atoms with Crippen molar-refractivity contribution in [2.45, 2.75) is 51.1 Å². The second-order valence-electron chi connectivity index (χ2n) is 6.93. The summed E-state index contributed by atoms with van der Waals surface area (Å²) in [7, 11) is -3.10. The first-order chi connectivity index (χ1) is 12.9. The maximum Gasteiger partial charge on any atom is 0.360 e. The molecule has 1 unspecified atom stereocenters. The van der Waals surface area contributed by atoms with Crippen molar-refractivity contribution in [3.63, 3.8) is 0 Å². The fraction of sp³-hybridized carbons (Fsp3) is 0.706. The average molecular weight is 416 g/mol. The second kappa shape index (κ2) is 8.55. The van der Waals surface area contributed by atoms with Gasteiger partial charge in [-0.05, 0) is 26.2 Å². The predicted octanol–water partition coefficient (Wildman–Crippen LogP) is 1.69. The minimum atomic E-state index is -3.10. The van der Waals surface area contributed by atoms with Gasteiger partial charge in [0.15, 0.2) is 22.1 Å². The smallest absolute Gasteiger partial charge is 0.360 e. The highest BCUT2D eigenvalue weighted by Gasteiger charge is 2.39. The molecule has 1 aliphatic carbocycles. The molecule has 0 aromatic carbocycles. The van der Waals surface area contributed by atoms with E-state index in [1.54, 1.807) is 10.4 Å². The van der Waals surface area contributed by atoms with Crippen LogP contribution in [-0.4, -0.2) is 66.9 Å². The number of nitrogens with zero attached hydrogens (tertiary/aromatic N) is 2. The molecule has 1 amide bonds. The summed E-state index contributed by atoms with van der Waals surface area (Å²) in [4.78, 5) is 30.8. The summed E-state index contributed by atoms with van der Waals surface area (Å²) < 4.78 is 28.9. The number of rotatable bonds is 7. The Morgan fingerprint density at radius 2 is 2.04 bits per heavy atom. The predicted molar refractivity (Wildman–Crippen MR) is 103 cm³/mol. The largest absolute Gasteiger partial charge is 0.451 e. The van der Waals surface area contributed by atoms with E-state index in [9.17, 15) is 18.0 Å². The molecular weight excluding hydrogens is 390 g/mol. The number of ether oxygens (including phenoxy) is 1. The number of carbonyl (C=O) groups is 2. The summed E-state index contributed by atoms with van der Waals surface area (Å²) in [6.45, 7) is 2.16. The van der Waals surface area contributed by atoms with Crippen LogP contribution in [0.4, 0.5) is 5.00 Å². The van der Waals surface area contributed by atoms with E-state index in [4.69, 9.17) is 4.74 Å². The number of esters is 1. The Kier molecular flexibility index (Phi) is 6.36. The van der Waals surface area contributed by atoms with E-state index >= 15 is 0 Å². The van der Waals surface area contributed by atoms with Crippen molar-refractivity contribution >= 4 is 38.1 Å². The number of hydrogen-bond donors (Lipinski definition) is 1. The summed E-state index contributed by atoms with van der Waals surface area (Å²) in [5.41, 5.74) is 1.72. The van der Waals surface area contributed by atoms with E-state index in [1.165, 1.54) is 11.3 Å². The molecule has 0 bridgehead atoms. The summed E-state index contributed by atoms with van der Waals surface area (Å²) in [6, 6.07) is -0.285. The van der Waals surface area contributed by atoms with Gasteiger partial charge in [-0.2, -0.15) is 0 Å². The SMILES string of the molecule is CCNc1scnc1C(=O)OCC(=O)N(C1CCCC1)C1CCS(=O)(=O)C1. The zero-order valence-electron chi connectivity index (χ0n) is 15.3.